The lowest BCUT2D eigenvalue weighted by Crippen LogP contribution is -2.54. The smallest absolute Gasteiger partial charge is 0.267 e. The van der Waals surface area contributed by atoms with Crippen molar-refractivity contribution in [3.63, 3.8) is 0 Å². The SMILES string of the molecule is CCCC1=C(C)NC2C(c3ccc(Cl)cc3)C(C)NN2C1=O. The Balaban J connectivity index is 1.93. The van der Waals surface area contributed by atoms with Crippen LogP contribution in [-0.4, -0.2) is 23.1 Å². The molecule has 3 rings (SSSR count). The summed E-state index contributed by atoms with van der Waals surface area (Å²) in [5.74, 6) is 0.297. The largest absolute Gasteiger partial charge is 0.367 e. The molecule has 0 aromatic heterocycles. The van der Waals surface area contributed by atoms with E-state index in [0.717, 1.165) is 29.1 Å². The molecule has 0 bridgehead atoms. The number of hydrazine groups is 1. The van der Waals surface area contributed by atoms with Crippen molar-refractivity contribution in [3.8, 4) is 0 Å². The van der Waals surface area contributed by atoms with Gasteiger partial charge in [0.25, 0.3) is 5.91 Å². The van der Waals surface area contributed by atoms with Gasteiger partial charge in [0.15, 0.2) is 0 Å². The summed E-state index contributed by atoms with van der Waals surface area (Å²) in [5, 5.41) is 6.02. The Bertz CT molecular complexity index is 611. The third-order valence-corrected chi connectivity index (χ3v) is 4.80. The molecule has 5 heteroatoms. The number of amides is 1. The molecule has 1 saturated heterocycles. The van der Waals surface area contributed by atoms with Gasteiger partial charge in [0.2, 0.25) is 0 Å². The van der Waals surface area contributed by atoms with Gasteiger partial charge < -0.3 is 5.32 Å². The molecule has 1 aromatic rings. The zero-order chi connectivity index (χ0) is 15.9. The van der Waals surface area contributed by atoms with Crippen molar-refractivity contribution < 1.29 is 4.79 Å². The molecule has 2 aliphatic rings. The van der Waals surface area contributed by atoms with Gasteiger partial charge in [-0.3, -0.25) is 9.80 Å². The minimum absolute atomic E-state index is 0.0516. The van der Waals surface area contributed by atoms with E-state index in [1.165, 1.54) is 5.56 Å². The highest BCUT2D eigenvalue weighted by Crippen LogP contribution is 2.35. The molecule has 0 spiro atoms. The molecule has 2 N–H and O–H groups in total. The first-order chi connectivity index (χ1) is 10.5. The average Bonchev–Trinajstić information content (AvgIpc) is 2.81. The summed E-state index contributed by atoms with van der Waals surface area (Å²) < 4.78 is 0. The third-order valence-electron chi connectivity index (χ3n) is 4.55. The molecular formula is C17H22ClN3O. The first kappa shape index (κ1) is 15.4. The monoisotopic (exact) mass is 319 g/mol. The summed E-state index contributed by atoms with van der Waals surface area (Å²) >= 11 is 5.99. The molecule has 1 amide bonds. The van der Waals surface area contributed by atoms with Crippen molar-refractivity contribution in [1.29, 1.82) is 0 Å². The number of allylic oxidation sites excluding steroid dienone is 1. The predicted octanol–water partition coefficient (Wildman–Crippen LogP) is 3.16. The minimum atomic E-state index is -0.0516. The van der Waals surface area contributed by atoms with Crippen molar-refractivity contribution in [1.82, 2.24) is 15.8 Å². The van der Waals surface area contributed by atoms with Gasteiger partial charge in [0.1, 0.15) is 6.17 Å². The van der Waals surface area contributed by atoms with Crippen LogP contribution in [0.4, 0.5) is 0 Å². The van der Waals surface area contributed by atoms with Crippen LogP contribution in [0.1, 0.15) is 45.1 Å². The van der Waals surface area contributed by atoms with Crippen molar-refractivity contribution in [2.75, 3.05) is 0 Å². The Morgan fingerprint density at radius 2 is 1.95 bits per heavy atom. The van der Waals surface area contributed by atoms with E-state index in [1.807, 2.05) is 31.2 Å². The second-order valence-electron chi connectivity index (χ2n) is 6.11. The van der Waals surface area contributed by atoms with E-state index in [-0.39, 0.29) is 24.0 Å². The van der Waals surface area contributed by atoms with Crippen LogP contribution in [0, 0.1) is 0 Å². The van der Waals surface area contributed by atoms with Crippen LogP contribution in [0.2, 0.25) is 5.02 Å². The van der Waals surface area contributed by atoms with E-state index in [1.54, 1.807) is 5.01 Å². The van der Waals surface area contributed by atoms with Crippen molar-refractivity contribution in [3.05, 3.63) is 46.1 Å². The number of nitrogens with zero attached hydrogens (tertiary/aromatic N) is 1. The fraction of sp³-hybridized carbons (Fsp3) is 0.471. The Morgan fingerprint density at radius 3 is 2.59 bits per heavy atom. The molecule has 1 aromatic carbocycles. The van der Waals surface area contributed by atoms with E-state index >= 15 is 0 Å². The summed E-state index contributed by atoms with van der Waals surface area (Å²) in [6.45, 7) is 6.21. The minimum Gasteiger partial charge on any atom is -0.367 e. The number of hydrogen-bond donors (Lipinski definition) is 2. The van der Waals surface area contributed by atoms with Gasteiger partial charge in [0.05, 0.1) is 0 Å². The van der Waals surface area contributed by atoms with Crippen LogP contribution in [0.15, 0.2) is 35.5 Å². The number of benzene rings is 1. The lowest BCUT2D eigenvalue weighted by molar-refractivity contribution is -0.133. The first-order valence-electron chi connectivity index (χ1n) is 7.84. The average molecular weight is 320 g/mol. The molecule has 2 aliphatic heterocycles. The standard InChI is InChI=1S/C17H22ClN3O/c1-4-5-14-10(2)19-16-15(11(3)20-21(16)17(14)22)12-6-8-13(18)9-7-12/h6-9,11,15-16,19-20H,4-5H2,1-3H3. The summed E-state index contributed by atoms with van der Waals surface area (Å²) in [4.78, 5) is 12.7. The number of rotatable bonds is 3. The van der Waals surface area contributed by atoms with Crippen molar-refractivity contribution in [2.24, 2.45) is 0 Å². The number of nitrogens with one attached hydrogen (secondary N) is 2. The predicted molar refractivity (Wildman–Crippen MR) is 88.2 cm³/mol. The normalized spacial score (nSPS) is 27.9. The summed E-state index contributed by atoms with van der Waals surface area (Å²) in [7, 11) is 0. The molecular weight excluding hydrogens is 298 g/mol. The number of hydrogen-bond acceptors (Lipinski definition) is 3. The van der Waals surface area contributed by atoms with Crippen LogP contribution < -0.4 is 10.7 Å². The molecule has 3 unspecified atom stereocenters. The summed E-state index contributed by atoms with van der Waals surface area (Å²) in [6, 6.07) is 8.07. The van der Waals surface area contributed by atoms with Crippen LogP contribution in [-0.2, 0) is 4.79 Å². The second kappa shape index (κ2) is 5.94. The molecule has 118 valence electrons. The highest BCUT2D eigenvalue weighted by atomic mass is 35.5. The topological polar surface area (TPSA) is 44.4 Å². The fourth-order valence-corrected chi connectivity index (χ4v) is 3.59. The molecule has 0 saturated carbocycles. The van der Waals surface area contributed by atoms with Gasteiger partial charge in [0, 0.05) is 28.3 Å². The van der Waals surface area contributed by atoms with E-state index < -0.39 is 0 Å². The third kappa shape index (κ3) is 2.50. The summed E-state index contributed by atoms with van der Waals surface area (Å²) in [5.41, 5.74) is 6.40. The maximum absolute atomic E-state index is 12.7. The van der Waals surface area contributed by atoms with Gasteiger partial charge in [-0.2, -0.15) is 0 Å². The lowest BCUT2D eigenvalue weighted by Gasteiger charge is -2.35. The molecule has 0 aliphatic carbocycles. The fourth-order valence-electron chi connectivity index (χ4n) is 3.47. The molecule has 0 radical (unpaired) electrons. The number of carbonyl (C=O) groups is 1. The van der Waals surface area contributed by atoms with Gasteiger partial charge in [-0.05, 0) is 38.0 Å². The first-order valence-corrected chi connectivity index (χ1v) is 8.22. The van der Waals surface area contributed by atoms with E-state index in [0.29, 0.717) is 0 Å². The van der Waals surface area contributed by atoms with Crippen LogP contribution in [0.5, 0.6) is 0 Å². The van der Waals surface area contributed by atoms with Gasteiger partial charge in [-0.15, -0.1) is 0 Å². The van der Waals surface area contributed by atoms with Crippen molar-refractivity contribution in [2.45, 2.75) is 51.7 Å². The second-order valence-corrected chi connectivity index (χ2v) is 6.55. The number of fused-ring (bicyclic) bond motifs is 1. The zero-order valence-corrected chi connectivity index (χ0v) is 13.9. The Labute approximate surface area is 136 Å². The van der Waals surface area contributed by atoms with Gasteiger partial charge >= 0.3 is 0 Å². The van der Waals surface area contributed by atoms with Crippen LogP contribution in [0.25, 0.3) is 0 Å². The Hall–Kier alpha value is -1.52. The molecule has 3 atom stereocenters. The van der Waals surface area contributed by atoms with E-state index in [2.05, 4.69) is 24.6 Å². The van der Waals surface area contributed by atoms with E-state index in [9.17, 15) is 4.79 Å². The molecule has 4 nitrogen and oxygen atoms in total. The number of halogens is 1. The van der Waals surface area contributed by atoms with Crippen molar-refractivity contribution >= 4 is 17.5 Å². The summed E-state index contributed by atoms with van der Waals surface area (Å²) in [6.07, 6.45) is 1.72. The molecule has 1 fully saturated rings. The quantitative estimate of drug-likeness (QED) is 0.899. The number of carbonyl (C=O) groups excluding carboxylic acids is 1. The van der Waals surface area contributed by atoms with Crippen LogP contribution in [0.3, 0.4) is 0 Å². The van der Waals surface area contributed by atoms with E-state index in [4.69, 9.17) is 11.6 Å². The highest BCUT2D eigenvalue weighted by Gasteiger charge is 2.46. The molecule has 22 heavy (non-hydrogen) atoms. The van der Waals surface area contributed by atoms with Gasteiger partial charge in [-0.25, -0.2) is 5.43 Å². The maximum atomic E-state index is 12.7. The lowest BCUT2D eigenvalue weighted by atomic mass is 9.90. The zero-order valence-electron chi connectivity index (χ0n) is 13.2. The van der Waals surface area contributed by atoms with Crippen LogP contribution >= 0.6 is 11.6 Å². The van der Waals surface area contributed by atoms with Gasteiger partial charge in [-0.1, -0.05) is 37.1 Å². The Kier molecular flexibility index (Phi) is 4.15. The highest BCUT2D eigenvalue weighted by molar-refractivity contribution is 6.30. The maximum Gasteiger partial charge on any atom is 0.267 e. The molecule has 2 heterocycles. The Morgan fingerprint density at radius 1 is 1.27 bits per heavy atom.